The molecule has 1 unspecified atom stereocenters. The van der Waals surface area contributed by atoms with Crippen molar-refractivity contribution < 1.29 is 28.6 Å². The van der Waals surface area contributed by atoms with Crippen molar-refractivity contribution in [2.45, 2.75) is 277 Å². The van der Waals surface area contributed by atoms with Crippen LogP contribution in [-0.4, -0.2) is 37.2 Å². The predicted octanol–water partition coefficient (Wildman–Crippen LogP) is 19.2. The van der Waals surface area contributed by atoms with Gasteiger partial charge in [0.2, 0.25) is 0 Å². The molecule has 68 heavy (non-hydrogen) atoms. The summed E-state index contributed by atoms with van der Waals surface area (Å²) in [6, 6.07) is 0. The maximum absolute atomic E-state index is 12.8. The second-order valence-corrected chi connectivity index (χ2v) is 18.8. The van der Waals surface area contributed by atoms with Crippen molar-refractivity contribution in [2.75, 3.05) is 13.2 Å². The second-order valence-electron chi connectivity index (χ2n) is 18.8. The average Bonchev–Trinajstić information content (AvgIpc) is 3.34. The van der Waals surface area contributed by atoms with Gasteiger partial charge in [-0.15, -0.1) is 0 Å². The van der Waals surface area contributed by atoms with Crippen LogP contribution in [0.1, 0.15) is 271 Å². The lowest BCUT2D eigenvalue weighted by Gasteiger charge is -2.18. The Morgan fingerprint density at radius 1 is 0.309 bits per heavy atom. The molecule has 0 bridgehead atoms. The molecule has 390 valence electrons. The summed E-state index contributed by atoms with van der Waals surface area (Å²) in [5, 5.41) is 0. The van der Waals surface area contributed by atoms with Gasteiger partial charge in [0.05, 0.1) is 0 Å². The quantitative estimate of drug-likeness (QED) is 0.0262. The molecule has 0 aliphatic rings. The molecule has 0 fully saturated rings. The number of esters is 3. The molecule has 0 saturated heterocycles. The summed E-state index contributed by atoms with van der Waals surface area (Å²) in [5.41, 5.74) is 0. The molecule has 0 spiro atoms. The summed E-state index contributed by atoms with van der Waals surface area (Å²) in [6.07, 6.45) is 73.2. The first kappa shape index (κ1) is 64.6. The van der Waals surface area contributed by atoms with Crippen LogP contribution in [0.15, 0.2) is 85.1 Å². The number of hydrogen-bond acceptors (Lipinski definition) is 6. The zero-order chi connectivity index (χ0) is 49.3. The van der Waals surface area contributed by atoms with Crippen LogP contribution in [0.5, 0.6) is 0 Å². The Bertz CT molecular complexity index is 1320. The minimum absolute atomic E-state index is 0.0855. The van der Waals surface area contributed by atoms with Crippen LogP contribution < -0.4 is 0 Å². The summed E-state index contributed by atoms with van der Waals surface area (Å²) < 4.78 is 16.7. The first-order chi connectivity index (χ1) is 33.5. The van der Waals surface area contributed by atoms with Gasteiger partial charge in [-0.3, -0.25) is 14.4 Å². The normalized spacial score (nSPS) is 12.7. The van der Waals surface area contributed by atoms with E-state index in [-0.39, 0.29) is 31.1 Å². The topological polar surface area (TPSA) is 78.9 Å². The molecule has 0 rings (SSSR count). The SMILES string of the molecule is CC/C=C\C/C=C\C/C=C\C/C=C\C/C=C\C/C=C\C/C=C\CCCCCC(=O)OCC(COC(=O)CCCCCCCC)OC(=O)CCCCCCCCCCCCCCCCCCCCC. The number of rotatable bonds is 51. The monoisotopic (exact) mass is 947 g/mol. The van der Waals surface area contributed by atoms with E-state index in [1.165, 1.54) is 122 Å². The predicted molar refractivity (Wildman–Crippen MR) is 293 cm³/mol. The highest BCUT2D eigenvalue weighted by atomic mass is 16.6. The Morgan fingerprint density at radius 2 is 0.574 bits per heavy atom. The van der Waals surface area contributed by atoms with Gasteiger partial charge in [-0.1, -0.05) is 260 Å². The van der Waals surface area contributed by atoms with Gasteiger partial charge in [-0.25, -0.2) is 0 Å². The maximum Gasteiger partial charge on any atom is 0.306 e. The summed E-state index contributed by atoms with van der Waals surface area (Å²) in [7, 11) is 0. The summed E-state index contributed by atoms with van der Waals surface area (Å²) in [5.74, 6) is -0.923. The van der Waals surface area contributed by atoms with E-state index in [2.05, 4.69) is 106 Å². The van der Waals surface area contributed by atoms with Crippen LogP contribution in [0.2, 0.25) is 0 Å². The van der Waals surface area contributed by atoms with Crippen molar-refractivity contribution in [1.82, 2.24) is 0 Å². The largest absolute Gasteiger partial charge is 0.462 e. The molecule has 0 amide bonds. The number of carbonyl (C=O) groups is 3. The number of carbonyl (C=O) groups excluding carboxylic acids is 3. The molecule has 0 aliphatic carbocycles. The molecule has 0 aromatic carbocycles. The molecule has 0 aromatic heterocycles. The fraction of sp³-hybridized carbons (Fsp3) is 0.726. The van der Waals surface area contributed by atoms with Crippen molar-refractivity contribution in [1.29, 1.82) is 0 Å². The Labute approximate surface area is 420 Å². The highest BCUT2D eigenvalue weighted by molar-refractivity contribution is 5.71. The van der Waals surface area contributed by atoms with Crippen LogP contribution in [0.4, 0.5) is 0 Å². The molecule has 0 N–H and O–H groups in total. The number of ether oxygens (including phenoxy) is 3. The third kappa shape index (κ3) is 53.5. The van der Waals surface area contributed by atoms with E-state index in [0.717, 1.165) is 109 Å². The first-order valence-corrected chi connectivity index (χ1v) is 28.6. The molecule has 0 heterocycles. The number of hydrogen-bond donors (Lipinski definition) is 0. The minimum Gasteiger partial charge on any atom is -0.462 e. The minimum atomic E-state index is -0.786. The average molecular weight is 948 g/mol. The highest BCUT2D eigenvalue weighted by Crippen LogP contribution is 2.16. The Morgan fingerprint density at radius 3 is 0.897 bits per heavy atom. The molecule has 0 aliphatic heterocycles. The number of allylic oxidation sites excluding steroid dienone is 14. The van der Waals surface area contributed by atoms with Crippen LogP contribution in [-0.2, 0) is 28.6 Å². The third-order valence-electron chi connectivity index (χ3n) is 12.2. The van der Waals surface area contributed by atoms with Gasteiger partial charge in [-0.2, -0.15) is 0 Å². The van der Waals surface area contributed by atoms with Crippen molar-refractivity contribution in [3.63, 3.8) is 0 Å². The smallest absolute Gasteiger partial charge is 0.306 e. The van der Waals surface area contributed by atoms with Gasteiger partial charge >= 0.3 is 17.9 Å². The maximum atomic E-state index is 12.8. The Hall–Kier alpha value is -3.41. The highest BCUT2D eigenvalue weighted by Gasteiger charge is 2.19. The zero-order valence-corrected chi connectivity index (χ0v) is 44.6. The van der Waals surface area contributed by atoms with E-state index in [1.807, 2.05) is 0 Å². The van der Waals surface area contributed by atoms with Crippen molar-refractivity contribution in [3.8, 4) is 0 Å². The summed E-state index contributed by atoms with van der Waals surface area (Å²) in [4.78, 5) is 37.9. The standard InChI is InChI=1S/C62H106O6/c1-4-7-10-13-16-18-20-22-24-26-28-29-30-31-32-33-35-36-38-40-42-44-46-49-52-55-61(64)67-58-59(57-66-60(63)54-51-48-15-12-9-6-3)68-62(65)56-53-50-47-45-43-41-39-37-34-27-25-23-21-19-17-14-11-8-5-2/h7,10,16,18,22,24,28-29,31-32,35-36,40,42,59H,4-6,8-9,11-15,17,19-21,23,25-27,30,33-34,37-39,41,43-58H2,1-3H3/b10-7-,18-16-,24-22-,29-28-,32-31-,36-35-,42-40-. The number of unbranched alkanes of at least 4 members (excludes halogenated alkanes) is 26. The zero-order valence-electron chi connectivity index (χ0n) is 44.6. The molecule has 1 atom stereocenters. The molecule has 0 radical (unpaired) electrons. The third-order valence-corrected chi connectivity index (χ3v) is 12.2. The van der Waals surface area contributed by atoms with Gasteiger partial charge < -0.3 is 14.2 Å². The van der Waals surface area contributed by atoms with Crippen LogP contribution >= 0.6 is 0 Å². The van der Waals surface area contributed by atoms with Gasteiger partial charge in [0.15, 0.2) is 6.10 Å². The van der Waals surface area contributed by atoms with Crippen molar-refractivity contribution >= 4 is 17.9 Å². The van der Waals surface area contributed by atoms with Crippen LogP contribution in [0.3, 0.4) is 0 Å². The van der Waals surface area contributed by atoms with Crippen LogP contribution in [0.25, 0.3) is 0 Å². The van der Waals surface area contributed by atoms with E-state index in [0.29, 0.717) is 19.3 Å². The first-order valence-electron chi connectivity index (χ1n) is 28.6. The fourth-order valence-corrected chi connectivity index (χ4v) is 7.89. The van der Waals surface area contributed by atoms with E-state index in [4.69, 9.17) is 14.2 Å². The molecule has 0 saturated carbocycles. The summed E-state index contributed by atoms with van der Waals surface area (Å²) >= 11 is 0. The lowest BCUT2D eigenvalue weighted by molar-refractivity contribution is -0.167. The second kappa shape index (κ2) is 56.2. The van der Waals surface area contributed by atoms with E-state index < -0.39 is 6.10 Å². The molecule has 6 nitrogen and oxygen atoms in total. The van der Waals surface area contributed by atoms with Crippen molar-refractivity contribution in [2.24, 2.45) is 0 Å². The molecule has 6 heteroatoms. The lowest BCUT2D eigenvalue weighted by atomic mass is 10.0. The molecule has 0 aromatic rings. The molecular formula is C62H106O6. The molecular weight excluding hydrogens is 841 g/mol. The van der Waals surface area contributed by atoms with Crippen LogP contribution in [0, 0.1) is 0 Å². The Kier molecular flexibility index (Phi) is 53.4. The Balaban J connectivity index is 4.22. The lowest BCUT2D eigenvalue weighted by Crippen LogP contribution is -2.30. The van der Waals surface area contributed by atoms with E-state index in [9.17, 15) is 14.4 Å². The van der Waals surface area contributed by atoms with Gasteiger partial charge in [0, 0.05) is 19.3 Å². The van der Waals surface area contributed by atoms with Gasteiger partial charge in [0.1, 0.15) is 13.2 Å². The summed E-state index contributed by atoms with van der Waals surface area (Å²) in [6.45, 7) is 6.45. The van der Waals surface area contributed by atoms with Gasteiger partial charge in [-0.05, 0) is 77.0 Å². The van der Waals surface area contributed by atoms with E-state index in [1.54, 1.807) is 0 Å². The van der Waals surface area contributed by atoms with Crippen molar-refractivity contribution in [3.05, 3.63) is 85.1 Å². The van der Waals surface area contributed by atoms with Gasteiger partial charge in [0.25, 0.3) is 0 Å². The van der Waals surface area contributed by atoms with E-state index >= 15 is 0 Å². The fourth-order valence-electron chi connectivity index (χ4n) is 7.89.